The molecular formula is C15H14Cl2N2O. The molecule has 0 saturated carbocycles. The first-order valence-electron chi connectivity index (χ1n) is 6.01. The standard InChI is InChI=1S/C15H14Cl2N2O/c1-8-5-9(2)14(13(18)6-8)19-15(20)11-4-3-10(16)7-12(11)17/h3-7H,18H2,1-2H3,(H,19,20). The maximum atomic E-state index is 12.2. The Morgan fingerprint density at radius 3 is 2.45 bits per heavy atom. The Labute approximate surface area is 127 Å². The highest BCUT2D eigenvalue weighted by atomic mass is 35.5. The number of carbonyl (C=O) groups is 1. The SMILES string of the molecule is Cc1cc(C)c(NC(=O)c2ccc(Cl)cc2Cl)c(N)c1. The minimum Gasteiger partial charge on any atom is -0.397 e. The molecule has 104 valence electrons. The van der Waals surface area contributed by atoms with Gasteiger partial charge < -0.3 is 11.1 Å². The van der Waals surface area contributed by atoms with Gasteiger partial charge in [0.25, 0.3) is 5.91 Å². The lowest BCUT2D eigenvalue weighted by molar-refractivity contribution is 0.102. The fourth-order valence-corrected chi connectivity index (χ4v) is 2.52. The zero-order chi connectivity index (χ0) is 14.9. The van der Waals surface area contributed by atoms with Gasteiger partial charge in [-0.1, -0.05) is 29.3 Å². The van der Waals surface area contributed by atoms with Gasteiger partial charge in [0.15, 0.2) is 0 Å². The van der Waals surface area contributed by atoms with Crippen LogP contribution < -0.4 is 11.1 Å². The van der Waals surface area contributed by atoms with E-state index in [0.29, 0.717) is 27.0 Å². The van der Waals surface area contributed by atoms with E-state index in [-0.39, 0.29) is 5.91 Å². The lowest BCUT2D eigenvalue weighted by Gasteiger charge is -2.13. The molecule has 5 heteroatoms. The monoisotopic (exact) mass is 308 g/mol. The van der Waals surface area contributed by atoms with Gasteiger partial charge in [-0.3, -0.25) is 4.79 Å². The van der Waals surface area contributed by atoms with E-state index in [1.54, 1.807) is 12.1 Å². The van der Waals surface area contributed by atoms with Crippen molar-refractivity contribution in [2.75, 3.05) is 11.1 Å². The summed E-state index contributed by atoms with van der Waals surface area (Å²) in [5.41, 5.74) is 9.38. The van der Waals surface area contributed by atoms with Crippen LogP contribution in [0.5, 0.6) is 0 Å². The smallest absolute Gasteiger partial charge is 0.257 e. The number of halogens is 2. The molecule has 2 aromatic carbocycles. The Balaban J connectivity index is 2.33. The maximum Gasteiger partial charge on any atom is 0.257 e. The van der Waals surface area contributed by atoms with Crippen molar-refractivity contribution in [3.8, 4) is 0 Å². The number of nitrogen functional groups attached to an aromatic ring is 1. The number of carbonyl (C=O) groups excluding carboxylic acids is 1. The van der Waals surface area contributed by atoms with Crippen molar-refractivity contribution < 1.29 is 4.79 Å². The Hall–Kier alpha value is -1.71. The Kier molecular flexibility index (Phi) is 4.21. The molecule has 0 spiro atoms. The van der Waals surface area contributed by atoms with Crippen molar-refractivity contribution in [2.24, 2.45) is 0 Å². The summed E-state index contributed by atoms with van der Waals surface area (Å²) in [5, 5.41) is 3.58. The Morgan fingerprint density at radius 1 is 1.15 bits per heavy atom. The van der Waals surface area contributed by atoms with E-state index in [0.717, 1.165) is 11.1 Å². The highest BCUT2D eigenvalue weighted by molar-refractivity contribution is 6.37. The molecule has 3 nitrogen and oxygen atoms in total. The average Bonchev–Trinajstić information content (AvgIpc) is 2.33. The molecule has 20 heavy (non-hydrogen) atoms. The molecule has 0 heterocycles. The van der Waals surface area contributed by atoms with E-state index in [2.05, 4.69) is 5.32 Å². The summed E-state index contributed by atoms with van der Waals surface area (Å²) in [6.45, 7) is 3.84. The van der Waals surface area contributed by atoms with Crippen LogP contribution in [0, 0.1) is 13.8 Å². The third kappa shape index (κ3) is 3.06. The lowest BCUT2D eigenvalue weighted by atomic mass is 10.1. The molecule has 0 unspecified atom stereocenters. The molecule has 1 amide bonds. The van der Waals surface area contributed by atoms with Crippen molar-refractivity contribution in [3.05, 3.63) is 57.1 Å². The predicted molar refractivity (Wildman–Crippen MR) is 84.7 cm³/mol. The van der Waals surface area contributed by atoms with Crippen LogP contribution in [0.15, 0.2) is 30.3 Å². The molecule has 0 fully saturated rings. The predicted octanol–water partition coefficient (Wildman–Crippen LogP) is 4.44. The molecule has 0 aromatic heterocycles. The van der Waals surface area contributed by atoms with Crippen LogP contribution in [0.2, 0.25) is 10.0 Å². The van der Waals surface area contributed by atoms with Crippen LogP contribution in [0.25, 0.3) is 0 Å². The van der Waals surface area contributed by atoms with Gasteiger partial charge in [0.2, 0.25) is 0 Å². The van der Waals surface area contributed by atoms with Gasteiger partial charge in [0.05, 0.1) is 22.0 Å². The molecule has 0 aliphatic rings. The van der Waals surface area contributed by atoms with Gasteiger partial charge in [-0.15, -0.1) is 0 Å². The van der Waals surface area contributed by atoms with Crippen LogP contribution in [0.1, 0.15) is 21.5 Å². The highest BCUT2D eigenvalue weighted by Crippen LogP contribution is 2.27. The normalized spacial score (nSPS) is 10.4. The molecule has 2 aromatic rings. The van der Waals surface area contributed by atoms with Crippen LogP contribution in [0.3, 0.4) is 0 Å². The van der Waals surface area contributed by atoms with E-state index in [4.69, 9.17) is 28.9 Å². The Bertz CT molecular complexity index is 661. The summed E-state index contributed by atoms with van der Waals surface area (Å²) in [6, 6.07) is 8.50. The summed E-state index contributed by atoms with van der Waals surface area (Å²) < 4.78 is 0. The van der Waals surface area contributed by atoms with Gasteiger partial charge in [-0.2, -0.15) is 0 Å². The molecule has 3 N–H and O–H groups in total. The quantitative estimate of drug-likeness (QED) is 0.806. The molecule has 0 aliphatic carbocycles. The van der Waals surface area contributed by atoms with Gasteiger partial charge in [0.1, 0.15) is 0 Å². The second kappa shape index (κ2) is 5.73. The largest absolute Gasteiger partial charge is 0.397 e. The lowest BCUT2D eigenvalue weighted by Crippen LogP contribution is -2.14. The Morgan fingerprint density at radius 2 is 1.85 bits per heavy atom. The van der Waals surface area contributed by atoms with Crippen molar-refractivity contribution in [2.45, 2.75) is 13.8 Å². The topological polar surface area (TPSA) is 55.1 Å². The first-order chi connectivity index (χ1) is 9.38. The van der Waals surface area contributed by atoms with Gasteiger partial charge in [-0.05, 0) is 49.2 Å². The molecule has 0 aliphatic heterocycles. The van der Waals surface area contributed by atoms with Crippen molar-refractivity contribution in [1.29, 1.82) is 0 Å². The molecule has 0 saturated heterocycles. The fourth-order valence-electron chi connectivity index (χ4n) is 2.03. The van der Waals surface area contributed by atoms with Crippen LogP contribution in [-0.4, -0.2) is 5.91 Å². The van der Waals surface area contributed by atoms with E-state index >= 15 is 0 Å². The van der Waals surface area contributed by atoms with E-state index < -0.39 is 0 Å². The zero-order valence-electron chi connectivity index (χ0n) is 11.1. The van der Waals surface area contributed by atoms with Crippen molar-refractivity contribution in [3.63, 3.8) is 0 Å². The summed E-state index contributed by atoms with van der Waals surface area (Å²) in [6.07, 6.45) is 0. The zero-order valence-corrected chi connectivity index (χ0v) is 12.6. The molecule has 0 atom stereocenters. The summed E-state index contributed by atoms with van der Waals surface area (Å²) in [5.74, 6) is -0.315. The number of rotatable bonds is 2. The van der Waals surface area contributed by atoms with E-state index in [1.807, 2.05) is 26.0 Å². The van der Waals surface area contributed by atoms with E-state index in [9.17, 15) is 4.79 Å². The van der Waals surface area contributed by atoms with Crippen LogP contribution >= 0.6 is 23.2 Å². The fraction of sp³-hybridized carbons (Fsp3) is 0.133. The molecule has 2 rings (SSSR count). The van der Waals surface area contributed by atoms with Gasteiger partial charge in [0, 0.05) is 5.02 Å². The van der Waals surface area contributed by atoms with Crippen LogP contribution in [0.4, 0.5) is 11.4 Å². The summed E-state index contributed by atoms with van der Waals surface area (Å²) in [7, 11) is 0. The first-order valence-corrected chi connectivity index (χ1v) is 6.77. The molecule has 0 radical (unpaired) electrons. The second-order valence-electron chi connectivity index (χ2n) is 4.62. The number of nitrogens with one attached hydrogen (secondary N) is 1. The summed E-state index contributed by atoms with van der Waals surface area (Å²) >= 11 is 11.8. The number of hydrogen-bond acceptors (Lipinski definition) is 2. The highest BCUT2D eigenvalue weighted by Gasteiger charge is 2.13. The minimum absolute atomic E-state index is 0.304. The van der Waals surface area contributed by atoms with Gasteiger partial charge in [-0.25, -0.2) is 0 Å². The average molecular weight is 309 g/mol. The third-order valence-corrected chi connectivity index (χ3v) is 3.47. The summed E-state index contributed by atoms with van der Waals surface area (Å²) in [4.78, 5) is 12.2. The number of benzene rings is 2. The van der Waals surface area contributed by atoms with E-state index in [1.165, 1.54) is 6.07 Å². The molecular weight excluding hydrogens is 295 g/mol. The number of anilines is 2. The van der Waals surface area contributed by atoms with Gasteiger partial charge >= 0.3 is 0 Å². The van der Waals surface area contributed by atoms with Crippen LogP contribution in [-0.2, 0) is 0 Å². The minimum atomic E-state index is -0.315. The van der Waals surface area contributed by atoms with Crippen molar-refractivity contribution >= 4 is 40.5 Å². The number of amides is 1. The maximum absolute atomic E-state index is 12.2. The number of nitrogens with two attached hydrogens (primary N) is 1. The second-order valence-corrected chi connectivity index (χ2v) is 5.47. The number of aryl methyl sites for hydroxylation is 2. The third-order valence-electron chi connectivity index (χ3n) is 2.92. The molecule has 0 bridgehead atoms. The number of hydrogen-bond donors (Lipinski definition) is 2. The van der Waals surface area contributed by atoms with Crippen molar-refractivity contribution in [1.82, 2.24) is 0 Å². The first kappa shape index (κ1) is 14.7.